The van der Waals surface area contributed by atoms with Crippen molar-refractivity contribution in [3.8, 4) is 0 Å². The number of nitrogens with zero attached hydrogens (tertiary/aromatic N) is 2. The van der Waals surface area contributed by atoms with Crippen LogP contribution in [0, 0.1) is 0 Å². The van der Waals surface area contributed by atoms with Gasteiger partial charge >= 0.3 is 5.97 Å². The van der Waals surface area contributed by atoms with Gasteiger partial charge in [-0.2, -0.15) is 4.99 Å². The van der Waals surface area contributed by atoms with E-state index in [2.05, 4.69) is 14.7 Å². The molecule has 0 aliphatic heterocycles. The molecule has 0 heterocycles. The highest BCUT2D eigenvalue weighted by Gasteiger charge is 2.14. The summed E-state index contributed by atoms with van der Waals surface area (Å²) < 4.78 is 4.67. The zero-order chi connectivity index (χ0) is 14.4. The third kappa shape index (κ3) is 4.30. The van der Waals surface area contributed by atoms with Crippen LogP contribution in [0.15, 0.2) is 34.3 Å². The van der Waals surface area contributed by atoms with E-state index in [1.165, 1.54) is 7.11 Å². The molecule has 1 aromatic carbocycles. The van der Waals surface area contributed by atoms with Crippen molar-refractivity contribution in [3.05, 3.63) is 29.8 Å². The van der Waals surface area contributed by atoms with Gasteiger partial charge in [-0.3, -0.25) is 4.79 Å². The Labute approximate surface area is 111 Å². The predicted molar refractivity (Wildman–Crippen MR) is 74.0 cm³/mol. The number of carbonyl (C=O) groups excluding carboxylic acids is 1. The molecule has 0 amide bonds. The largest absolute Gasteiger partial charge is 0.469 e. The number of rotatable bonds is 3. The molecule has 1 aromatic rings. The number of methoxy groups -OCH3 is 1. The van der Waals surface area contributed by atoms with E-state index in [9.17, 15) is 4.79 Å². The van der Waals surface area contributed by atoms with Gasteiger partial charge < -0.3 is 21.9 Å². The summed E-state index contributed by atoms with van der Waals surface area (Å²) in [6, 6.07) is 6.96. The molecule has 0 aromatic heterocycles. The van der Waals surface area contributed by atoms with E-state index in [4.69, 9.17) is 17.2 Å². The quantitative estimate of drug-likeness (QED) is 0.407. The van der Waals surface area contributed by atoms with Crippen LogP contribution < -0.4 is 17.2 Å². The van der Waals surface area contributed by atoms with Crippen LogP contribution >= 0.6 is 0 Å². The van der Waals surface area contributed by atoms with Crippen molar-refractivity contribution in [1.82, 2.24) is 0 Å². The first-order chi connectivity index (χ1) is 8.93. The Hall–Kier alpha value is -2.57. The van der Waals surface area contributed by atoms with Gasteiger partial charge in [0.05, 0.1) is 18.7 Å². The number of hydrogen-bond donors (Lipinski definition) is 3. The Balaban J connectivity index is 2.88. The number of hydrogen-bond acceptors (Lipinski definition) is 3. The Kier molecular flexibility index (Phi) is 4.87. The first-order valence-corrected chi connectivity index (χ1v) is 5.55. The fraction of sp³-hybridized carbons (Fsp3) is 0.250. The van der Waals surface area contributed by atoms with Gasteiger partial charge in [0.2, 0.25) is 5.96 Å². The number of esters is 1. The molecule has 0 saturated heterocycles. The number of benzene rings is 1. The van der Waals surface area contributed by atoms with Crippen molar-refractivity contribution in [2.45, 2.75) is 12.8 Å². The molecule has 0 aliphatic carbocycles. The Morgan fingerprint density at radius 3 is 2.26 bits per heavy atom. The van der Waals surface area contributed by atoms with Crippen LogP contribution in [0.3, 0.4) is 0 Å². The topological polar surface area (TPSA) is 129 Å². The van der Waals surface area contributed by atoms with E-state index >= 15 is 0 Å². The summed E-state index contributed by atoms with van der Waals surface area (Å²) in [7, 11) is 1.35. The molecule has 0 radical (unpaired) electrons. The average Bonchev–Trinajstić information content (AvgIpc) is 2.36. The Morgan fingerprint density at radius 1 is 1.21 bits per heavy atom. The van der Waals surface area contributed by atoms with Gasteiger partial charge in [-0.15, -0.1) is 0 Å². The second kappa shape index (κ2) is 6.39. The van der Waals surface area contributed by atoms with Gasteiger partial charge in [-0.05, 0) is 24.6 Å². The molecular formula is C12H17N5O2. The fourth-order valence-electron chi connectivity index (χ4n) is 1.44. The van der Waals surface area contributed by atoms with Crippen LogP contribution in [0.25, 0.3) is 0 Å². The molecule has 6 N–H and O–H groups in total. The number of carbonyl (C=O) groups is 1. The van der Waals surface area contributed by atoms with Crippen LogP contribution in [-0.4, -0.2) is 25.0 Å². The molecule has 0 aliphatic rings. The molecule has 7 heteroatoms. The SMILES string of the molecule is COC(=O)C(C)c1ccc(N=C(N)N=C(N)N)cc1. The van der Waals surface area contributed by atoms with Crippen molar-refractivity contribution in [2.75, 3.05) is 7.11 Å². The van der Waals surface area contributed by atoms with Crippen LogP contribution in [0.5, 0.6) is 0 Å². The van der Waals surface area contributed by atoms with Crippen LogP contribution in [-0.2, 0) is 9.53 Å². The average molecular weight is 263 g/mol. The molecule has 1 rings (SSSR count). The summed E-state index contributed by atoms with van der Waals surface area (Å²) in [5.74, 6) is -0.819. The first kappa shape index (κ1) is 14.5. The van der Waals surface area contributed by atoms with Crippen molar-refractivity contribution >= 4 is 23.6 Å². The van der Waals surface area contributed by atoms with Gasteiger partial charge in [0, 0.05) is 0 Å². The summed E-state index contributed by atoms with van der Waals surface area (Å²) in [4.78, 5) is 19.0. The van der Waals surface area contributed by atoms with Gasteiger partial charge in [-0.1, -0.05) is 12.1 Å². The molecule has 0 fully saturated rings. The fourth-order valence-corrected chi connectivity index (χ4v) is 1.44. The second-order valence-corrected chi connectivity index (χ2v) is 3.84. The maximum absolute atomic E-state index is 11.4. The highest BCUT2D eigenvalue weighted by atomic mass is 16.5. The zero-order valence-electron chi connectivity index (χ0n) is 10.8. The number of guanidine groups is 2. The first-order valence-electron chi connectivity index (χ1n) is 5.55. The molecule has 7 nitrogen and oxygen atoms in total. The van der Waals surface area contributed by atoms with Crippen molar-refractivity contribution in [3.63, 3.8) is 0 Å². The monoisotopic (exact) mass is 263 g/mol. The summed E-state index contributed by atoms with van der Waals surface area (Å²) in [5, 5.41) is 0. The zero-order valence-corrected chi connectivity index (χ0v) is 10.8. The van der Waals surface area contributed by atoms with Crippen molar-refractivity contribution in [1.29, 1.82) is 0 Å². The molecule has 1 atom stereocenters. The van der Waals surface area contributed by atoms with Crippen LogP contribution in [0.1, 0.15) is 18.4 Å². The molecule has 0 spiro atoms. The summed E-state index contributed by atoms with van der Waals surface area (Å²) in [6.07, 6.45) is 0. The van der Waals surface area contributed by atoms with Gasteiger partial charge in [-0.25, -0.2) is 4.99 Å². The molecule has 19 heavy (non-hydrogen) atoms. The summed E-state index contributed by atoms with van der Waals surface area (Å²) >= 11 is 0. The molecular weight excluding hydrogens is 246 g/mol. The number of nitrogens with two attached hydrogens (primary N) is 3. The second-order valence-electron chi connectivity index (χ2n) is 3.84. The van der Waals surface area contributed by atoms with Crippen molar-refractivity contribution in [2.24, 2.45) is 27.2 Å². The van der Waals surface area contributed by atoms with Crippen LogP contribution in [0.4, 0.5) is 5.69 Å². The van der Waals surface area contributed by atoms with E-state index in [0.717, 1.165) is 5.56 Å². The highest BCUT2D eigenvalue weighted by Crippen LogP contribution is 2.20. The summed E-state index contributed by atoms with van der Waals surface area (Å²) in [6.45, 7) is 1.76. The molecule has 0 bridgehead atoms. The van der Waals surface area contributed by atoms with Gasteiger partial charge in [0.25, 0.3) is 0 Å². The lowest BCUT2D eigenvalue weighted by atomic mass is 10.0. The Bertz CT molecular complexity index is 503. The minimum absolute atomic E-state index is 0.0335. The third-order valence-electron chi connectivity index (χ3n) is 2.44. The maximum Gasteiger partial charge on any atom is 0.312 e. The standard InChI is InChI=1S/C12H17N5O2/c1-7(10(18)19-2)8-3-5-9(6-4-8)16-12(15)17-11(13)14/h3-7H,1-2H3,(H6,13,14,15,16,17). The maximum atomic E-state index is 11.4. The lowest BCUT2D eigenvalue weighted by molar-refractivity contribution is -0.141. The molecule has 102 valence electrons. The van der Waals surface area contributed by atoms with E-state index in [1.807, 2.05) is 0 Å². The van der Waals surface area contributed by atoms with E-state index in [1.54, 1.807) is 31.2 Å². The third-order valence-corrected chi connectivity index (χ3v) is 2.44. The summed E-state index contributed by atoms with van der Waals surface area (Å²) in [5.41, 5.74) is 17.3. The lowest BCUT2D eigenvalue weighted by Crippen LogP contribution is -2.26. The minimum atomic E-state index is -0.335. The van der Waals surface area contributed by atoms with E-state index in [0.29, 0.717) is 5.69 Å². The Morgan fingerprint density at radius 2 is 1.79 bits per heavy atom. The minimum Gasteiger partial charge on any atom is -0.469 e. The normalized spacial score (nSPS) is 12.6. The number of ether oxygens (including phenoxy) is 1. The lowest BCUT2D eigenvalue weighted by Gasteiger charge is -2.09. The molecule has 1 unspecified atom stereocenters. The van der Waals surface area contributed by atoms with Gasteiger partial charge in [0.1, 0.15) is 0 Å². The van der Waals surface area contributed by atoms with Gasteiger partial charge in [0.15, 0.2) is 5.96 Å². The van der Waals surface area contributed by atoms with Crippen molar-refractivity contribution < 1.29 is 9.53 Å². The molecule has 0 saturated carbocycles. The highest BCUT2D eigenvalue weighted by molar-refractivity contribution is 5.93. The number of aliphatic imine (C=N–C) groups is 2. The van der Waals surface area contributed by atoms with E-state index in [-0.39, 0.29) is 23.8 Å². The van der Waals surface area contributed by atoms with Crippen LogP contribution in [0.2, 0.25) is 0 Å². The van der Waals surface area contributed by atoms with E-state index < -0.39 is 0 Å². The predicted octanol–water partition coefficient (Wildman–Crippen LogP) is 0.183. The smallest absolute Gasteiger partial charge is 0.312 e.